The lowest BCUT2D eigenvalue weighted by Gasteiger charge is -2.45. The molecule has 0 aromatic rings. The summed E-state index contributed by atoms with van der Waals surface area (Å²) in [6.45, 7) is 9.60. The minimum atomic E-state index is -4.94. The minimum Gasteiger partial charge on any atom is -0.443 e. The third kappa shape index (κ3) is 6.79. The second-order valence-corrected chi connectivity index (χ2v) is 10.6. The van der Waals surface area contributed by atoms with Crippen molar-refractivity contribution in [1.82, 2.24) is 4.90 Å². The molecule has 1 fully saturated rings. The molecular formula is C21H35F3N2O8S. The zero-order valence-corrected chi connectivity index (χ0v) is 21.9. The van der Waals surface area contributed by atoms with Gasteiger partial charge in [0.2, 0.25) is 11.6 Å². The number of aliphatic hydroxyl groups is 2. The number of aliphatic imine (C=N–C) groups is 1. The first-order chi connectivity index (χ1) is 15.9. The maximum absolute atomic E-state index is 13.3. The summed E-state index contributed by atoms with van der Waals surface area (Å²) in [5.41, 5.74) is -1.80. The third-order valence-electron chi connectivity index (χ3n) is 5.77. The van der Waals surface area contributed by atoms with Crippen LogP contribution in [0.15, 0.2) is 4.99 Å². The topological polar surface area (TPSA) is 119 Å². The molecule has 0 aromatic heterocycles. The SMILES string of the molecule is CCN(C(=O)OC(C)(C)C)C1=N[C@@H]2[C@@H](OC(C)(OC)C(C)(O)OC)C[C@@H](C(O)C(F)(F)F)O[C@@H]2S1. The van der Waals surface area contributed by atoms with E-state index in [2.05, 4.69) is 4.99 Å². The number of hydrogen-bond donors (Lipinski definition) is 2. The molecule has 35 heavy (non-hydrogen) atoms. The molecule has 2 aliphatic heterocycles. The van der Waals surface area contributed by atoms with Gasteiger partial charge in [-0.05, 0) is 41.5 Å². The van der Waals surface area contributed by atoms with Gasteiger partial charge in [0.25, 0.3) is 0 Å². The van der Waals surface area contributed by atoms with Crippen LogP contribution in [0.25, 0.3) is 0 Å². The maximum Gasteiger partial charge on any atom is 0.416 e. The molecule has 1 saturated heterocycles. The average Bonchev–Trinajstić information content (AvgIpc) is 3.15. The van der Waals surface area contributed by atoms with Gasteiger partial charge in [-0.2, -0.15) is 13.2 Å². The predicted molar refractivity (Wildman–Crippen MR) is 121 cm³/mol. The van der Waals surface area contributed by atoms with Gasteiger partial charge in [0.15, 0.2) is 11.3 Å². The van der Waals surface area contributed by atoms with E-state index in [0.29, 0.717) is 0 Å². The Kier molecular flexibility index (Phi) is 9.17. The molecule has 204 valence electrons. The lowest BCUT2D eigenvalue weighted by molar-refractivity contribution is -0.389. The summed E-state index contributed by atoms with van der Waals surface area (Å²) in [6.07, 6.45) is -11.6. The van der Waals surface area contributed by atoms with Gasteiger partial charge in [0.05, 0.1) is 12.2 Å². The zero-order chi connectivity index (χ0) is 27.0. The van der Waals surface area contributed by atoms with Crippen LogP contribution in [-0.4, -0.2) is 100 Å². The highest BCUT2D eigenvalue weighted by molar-refractivity contribution is 8.14. The van der Waals surface area contributed by atoms with E-state index >= 15 is 0 Å². The number of aliphatic hydroxyl groups excluding tert-OH is 1. The van der Waals surface area contributed by atoms with Gasteiger partial charge >= 0.3 is 12.3 Å². The summed E-state index contributed by atoms with van der Waals surface area (Å²) in [5, 5.41) is 20.7. The van der Waals surface area contributed by atoms with Crippen molar-refractivity contribution in [3.8, 4) is 0 Å². The summed E-state index contributed by atoms with van der Waals surface area (Å²) in [5.74, 6) is -3.81. The van der Waals surface area contributed by atoms with Crippen LogP contribution in [0.1, 0.15) is 48.0 Å². The van der Waals surface area contributed by atoms with E-state index in [4.69, 9.17) is 23.7 Å². The van der Waals surface area contributed by atoms with Crippen molar-refractivity contribution in [3.05, 3.63) is 0 Å². The number of rotatable bonds is 7. The molecule has 2 heterocycles. The van der Waals surface area contributed by atoms with Crippen molar-refractivity contribution in [2.75, 3.05) is 20.8 Å². The highest BCUT2D eigenvalue weighted by Gasteiger charge is 2.56. The molecule has 7 atom stereocenters. The van der Waals surface area contributed by atoms with Crippen molar-refractivity contribution in [1.29, 1.82) is 0 Å². The van der Waals surface area contributed by atoms with Gasteiger partial charge in [-0.15, -0.1) is 0 Å². The van der Waals surface area contributed by atoms with Gasteiger partial charge in [-0.25, -0.2) is 4.79 Å². The van der Waals surface area contributed by atoms with E-state index in [9.17, 15) is 28.2 Å². The Morgan fingerprint density at radius 1 is 1.23 bits per heavy atom. The van der Waals surface area contributed by atoms with Crippen LogP contribution in [0.4, 0.5) is 18.0 Å². The first kappa shape index (κ1) is 30.1. The molecule has 0 bridgehead atoms. The highest BCUT2D eigenvalue weighted by atomic mass is 32.2. The average molecular weight is 533 g/mol. The van der Waals surface area contributed by atoms with Gasteiger partial charge in [0, 0.05) is 27.2 Å². The fraction of sp³-hybridized carbons (Fsp3) is 0.905. The lowest BCUT2D eigenvalue weighted by Crippen LogP contribution is -2.60. The molecule has 2 rings (SSSR count). The molecular weight excluding hydrogens is 497 g/mol. The molecule has 2 N–H and O–H groups in total. The Bertz CT molecular complexity index is 792. The number of ether oxygens (including phenoxy) is 5. The second kappa shape index (κ2) is 10.7. The predicted octanol–water partition coefficient (Wildman–Crippen LogP) is 2.86. The van der Waals surface area contributed by atoms with Crippen molar-refractivity contribution < 1.29 is 51.9 Å². The number of amidine groups is 1. The number of nitrogens with zero attached hydrogens (tertiary/aromatic N) is 2. The molecule has 0 radical (unpaired) electrons. The molecule has 3 unspecified atom stereocenters. The van der Waals surface area contributed by atoms with Crippen molar-refractivity contribution in [3.63, 3.8) is 0 Å². The Labute approximate surface area is 207 Å². The van der Waals surface area contributed by atoms with E-state index in [1.807, 2.05) is 0 Å². The number of fused-ring (bicyclic) bond motifs is 1. The molecule has 1 amide bonds. The standard InChI is InChI=1S/C21H35F3N2O8S/c1-9-26(17(28)34-18(2,3)4)16-25-13-11(33-20(6,31-8)19(5,29)30-7)10-12(32-15(13)35-16)14(27)21(22,23)24/h11-15,27,29H,9-10H2,1-8H3/t11-,12-,13+,14?,15+,19?,20?/m0/s1. The van der Waals surface area contributed by atoms with Crippen LogP contribution in [0, 0.1) is 0 Å². The molecule has 0 saturated carbocycles. The van der Waals surface area contributed by atoms with Crippen LogP contribution in [0.3, 0.4) is 0 Å². The Balaban J connectivity index is 2.41. The largest absolute Gasteiger partial charge is 0.443 e. The van der Waals surface area contributed by atoms with Gasteiger partial charge in [0.1, 0.15) is 17.1 Å². The van der Waals surface area contributed by atoms with E-state index < -0.39 is 65.7 Å². The number of carbonyl (C=O) groups excluding carboxylic acids is 1. The van der Waals surface area contributed by atoms with Crippen molar-refractivity contribution in [2.45, 2.75) is 101 Å². The maximum atomic E-state index is 13.3. The number of halogens is 3. The van der Waals surface area contributed by atoms with Gasteiger partial charge in [-0.1, -0.05) is 11.8 Å². The summed E-state index contributed by atoms with van der Waals surface area (Å²) in [4.78, 5) is 18.4. The normalized spacial score (nSPS) is 29.5. The summed E-state index contributed by atoms with van der Waals surface area (Å²) in [7, 11) is 2.46. The Morgan fingerprint density at radius 2 is 1.83 bits per heavy atom. The summed E-state index contributed by atoms with van der Waals surface area (Å²) < 4.78 is 67.3. The van der Waals surface area contributed by atoms with Crippen LogP contribution in [0.2, 0.25) is 0 Å². The quantitative estimate of drug-likeness (QED) is 0.477. The fourth-order valence-electron chi connectivity index (χ4n) is 3.50. The van der Waals surface area contributed by atoms with E-state index in [1.165, 1.54) is 33.0 Å². The summed E-state index contributed by atoms with van der Waals surface area (Å²) >= 11 is 0.924. The van der Waals surface area contributed by atoms with Gasteiger partial charge < -0.3 is 33.9 Å². The molecule has 2 aliphatic rings. The molecule has 10 nitrogen and oxygen atoms in total. The van der Waals surface area contributed by atoms with Crippen LogP contribution in [0.5, 0.6) is 0 Å². The fourth-order valence-corrected chi connectivity index (χ4v) is 4.80. The van der Waals surface area contributed by atoms with E-state index in [0.717, 1.165) is 11.8 Å². The number of hydrogen-bond acceptors (Lipinski definition) is 10. The summed E-state index contributed by atoms with van der Waals surface area (Å²) in [6, 6.07) is -0.884. The second-order valence-electron chi connectivity index (χ2n) is 9.50. The molecule has 0 spiro atoms. The molecule has 0 aliphatic carbocycles. The third-order valence-corrected chi connectivity index (χ3v) is 6.93. The number of thioether (sulfide) groups is 1. The van der Waals surface area contributed by atoms with Crippen LogP contribution >= 0.6 is 11.8 Å². The van der Waals surface area contributed by atoms with Crippen LogP contribution < -0.4 is 0 Å². The molecule has 0 aromatic carbocycles. The van der Waals surface area contributed by atoms with Gasteiger partial charge in [-0.3, -0.25) is 9.89 Å². The number of amides is 1. The highest BCUT2D eigenvalue weighted by Crippen LogP contribution is 2.43. The first-order valence-corrected chi connectivity index (χ1v) is 11.9. The van der Waals surface area contributed by atoms with Crippen LogP contribution in [-0.2, 0) is 23.7 Å². The molecule has 14 heteroatoms. The van der Waals surface area contributed by atoms with E-state index in [1.54, 1.807) is 27.7 Å². The van der Waals surface area contributed by atoms with Crippen molar-refractivity contribution >= 4 is 23.0 Å². The smallest absolute Gasteiger partial charge is 0.416 e. The first-order valence-electron chi connectivity index (χ1n) is 11.0. The Morgan fingerprint density at radius 3 is 2.29 bits per heavy atom. The monoisotopic (exact) mass is 532 g/mol. The number of alkyl halides is 3. The zero-order valence-electron chi connectivity index (χ0n) is 21.1. The lowest BCUT2D eigenvalue weighted by atomic mass is 9.96. The van der Waals surface area contributed by atoms with E-state index in [-0.39, 0.29) is 11.7 Å². The minimum absolute atomic E-state index is 0.171. The number of methoxy groups -OCH3 is 2. The van der Waals surface area contributed by atoms with Crippen molar-refractivity contribution in [2.24, 2.45) is 4.99 Å². The number of carbonyl (C=O) groups is 1. The Hall–Kier alpha value is -1.16.